The highest BCUT2D eigenvalue weighted by Crippen LogP contribution is 2.19. The minimum atomic E-state index is 0. The molecule has 2 N–H and O–H groups in total. The van der Waals surface area contributed by atoms with Crippen LogP contribution in [0, 0.1) is 12.8 Å². The number of amides is 1. The van der Waals surface area contributed by atoms with Crippen molar-refractivity contribution in [3.63, 3.8) is 0 Å². The number of nitrogens with zero attached hydrogens (tertiary/aromatic N) is 1. The number of aryl methyl sites for hydroxylation is 1. The molecule has 0 aliphatic carbocycles. The second kappa shape index (κ2) is 9.40. The first-order chi connectivity index (χ1) is 11.2. The van der Waals surface area contributed by atoms with E-state index in [-0.39, 0.29) is 24.4 Å². The number of carbonyl (C=O) groups excluding carboxylic acids is 1. The Balaban J connectivity index is 0.00000208. The molecule has 2 heterocycles. The minimum absolute atomic E-state index is 0. The molecule has 2 unspecified atom stereocenters. The lowest BCUT2D eigenvalue weighted by Gasteiger charge is -2.33. The molecule has 2 aliphatic rings. The second-order valence-electron chi connectivity index (χ2n) is 7.06. The summed E-state index contributed by atoms with van der Waals surface area (Å²) in [5, 5.41) is 6.43. The van der Waals surface area contributed by atoms with Gasteiger partial charge in [-0.15, -0.1) is 12.4 Å². The predicted molar refractivity (Wildman–Crippen MR) is 100 cm³/mol. The molecule has 2 fully saturated rings. The zero-order valence-corrected chi connectivity index (χ0v) is 15.4. The molecule has 0 spiro atoms. The van der Waals surface area contributed by atoms with Crippen LogP contribution in [-0.4, -0.2) is 43.0 Å². The van der Waals surface area contributed by atoms with E-state index in [0.29, 0.717) is 5.92 Å². The molecule has 1 aromatic carbocycles. The number of carbonyl (C=O) groups is 1. The first-order valence-corrected chi connectivity index (χ1v) is 9.00. The van der Waals surface area contributed by atoms with Gasteiger partial charge in [0.05, 0.1) is 6.04 Å². The van der Waals surface area contributed by atoms with Crippen LogP contribution >= 0.6 is 12.4 Å². The standard InChI is InChI=1S/C19H29N3O.ClH/c1-15-6-2-3-8-17(15)14-22-11-5-7-16(13-22)12-21-19(23)18-9-4-10-20-18;/h2-3,6,8,16,18,20H,4-5,7,9-14H2,1H3,(H,21,23);1H. The zero-order chi connectivity index (χ0) is 16.1. The van der Waals surface area contributed by atoms with Crippen LogP contribution in [0.25, 0.3) is 0 Å². The van der Waals surface area contributed by atoms with Crippen molar-refractivity contribution in [2.45, 2.75) is 45.2 Å². The number of halogens is 1. The molecule has 2 aliphatic heterocycles. The van der Waals surface area contributed by atoms with Crippen LogP contribution < -0.4 is 10.6 Å². The average Bonchev–Trinajstić information content (AvgIpc) is 3.10. The summed E-state index contributed by atoms with van der Waals surface area (Å²) >= 11 is 0. The van der Waals surface area contributed by atoms with Gasteiger partial charge in [-0.3, -0.25) is 9.69 Å². The molecule has 1 aromatic rings. The Kier molecular flexibility index (Phi) is 7.53. The van der Waals surface area contributed by atoms with Gasteiger partial charge in [-0.2, -0.15) is 0 Å². The molecule has 24 heavy (non-hydrogen) atoms. The van der Waals surface area contributed by atoms with E-state index in [1.54, 1.807) is 0 Å². The Morgan fingerprint density at radius 1 is 1.29 bits per heavy atom. The molecule has 0 saturated carbocycles. The average molecular weight is 352 g/mol. The van der Waals surface area contributed by atoms with Crippen molar-refractivity contribution in [2.75, 3.05) is 26.2 Å². The van der Waals surface area contributed by atoms with E-state index in [4.69, 9.17) is 0 Å². The third-order valence-corrected chi connectivity index (χ3v) is 5.20. The first kappa shape index (κ1) is 19.2. The van der Waals surface area contributed by atoms with Crippen molar-refractivity contribution >= 4 is 18.3 Å². The molecule has 0 radical (unpaired) electrons. The van der Waals surface area contributed by atoms with Crippen LogP contribution in [0.5, 0.6) is 0 Å². The summed E-state index contributed by atoms with van der Waals surface area (Å²) in [4.78, 5) is 14.7. The fraction of sp³-hybridized carbons (Fsp3) is 0.632. The van der Waals surface area contributed by atoms with E-state index < -0.39 is 0 Å². The molecule has 4 nitrogen and oxygen atoms in total. The van der Waals surface area contributed by atoms with Crippen molar-refractivity contribution in [2.24, 2.45) is 5.92 Å². The van der Waals surface area contributed by atoms with E-state index in [9.17, 15) is 4.79 Å². The third-order valence-electron chi connectivity index (χ3n) is 5.20. The molecule has 5 heteroatoms. The van der Waals surface area contributed by atoms with Gasteiger partial charge in [0.15, 0.2) is 0 Å². The summed E-state index contributed by atoms with van der Waals surface area (Å²) in [6.07, 6.45) is 4.55. The van der Waals surface area contributed by atoms with Crippen LogP contribution in [0.3, 0.4) is 0 Å². The molecule has 2 atom stereocenters. The van der Waals surface area contributed by atoms with Gasteiger partial charge in [0.1, 0.15) is 0 Å². The van der Waals surface area contributed by atoms with Crippen LogP contribution in [0.1, 0.15) is 36.8 Å². The maximum absolute atomic E-state index is 12.1. The van der Waals surface area contributed by atoms with Crippen molar-refractivity contribution < 1.29 is 4.79 Å². The fourth-order valence-corrected chi connectivity index (χ4v) is 3.77. The number of nitrogens with one attached hydrogen (secondary N) is 2. The fourth-order valence-electron chi connectivity index (χ4n) is 3.77. The van der Waals surface area contributed by atoms with Crippen LogP contribution in [0.15, 0.2) is 24.3 Å². The quantitative estimate of drug-likeness (QED) is 0.856. The number of rotatable bonds is 5. The van der Waals surface area contributed by atoms with Gasteiger partial charge in [-0.25, -0.2) is 0 Å². The second-order valence-corrected chi connectivity index (χ2v) is 7.06. The number of hydrogen-bond acceptors (Lipinski definition) is 3. The largest absolute Gasteiger partial charge is 0.354 e. The molecule has 0 bridgehead atoms. The van der Waals surface area contributed by atoms with Crippen LogP contribution in [0.2, 0.25) is 0 Å². The van der Waals surface area contributed by atoms with Gasteiger partial charge in [0.25, 0.3) is 0 Å². The molecule has 0 aromatic heterocycles. The van der Waals surface area contributed by atoms with Gasteiger partial charge in [-0.1, -0.05) is 24.3 Å². The minimum Gasteiger partial charge on any atom is -0.354 e. The third kappa shape index (κ3) is 5.20. The van der Waals surface area contributed by atoms with E-state index in [1.165, 1.54) is 30.5 Å². The topological polar surface area (TPSA) is 44.4 Å². The van der Waals surface area contributed by atoms with Gasteiger partial charge < -0.3 is 10.6 Å². The summed E-state index contributed by atoms with van der Waals surface area (Å²) in [5.41, 5.74) is 2.79. The molecule has 134 valence electrons. The van der Waals surface area contributed by atoms with Gasteiger partial charge in [-0.05, 0) is 62.7 Å². The van der Waals surface area contributed by atoms with Crippen molar-refractivity contribution in [3.05, 3.63) is 35.4 Å². The summed E-state index contributed by atoms with van der Waals surface area (Å²) < 4.78 is 0. The molecular weight excluding hydrogens is 322 g/mol. The Hall–Kier alpha value is -1.10. The first-order valence-electron chi connectivity index (χ1n) is 9.00. The highest BCUT2D eigenvalue weighted by atomic mass is 35.5. The number of hydrogen-bond donors (Lipinski definition) is 2. The van der Waals surface area contributed by atoms with Crippen LogP contribution in [-0.2, 0) is 11.3 Å². The van der Waals surface area contributed by atoms with Crippen molar-refractivity contribution in [1.29, 1.82) is 0 Å². The highest BCUT2D eigenvalue weighted by molar-refractivity contribution is 5.85. The Labute approximate surface area is 151 Å². The van der Waals surface area contributed by atoms with Gasteiger partial charge in [0.2, 0.25) is 5.91 Å². The van der Waals surface area contributed by atoms with Gasteiger partial charge in [0, 0.05) is 19.6 Å². The molecular formula is C19H30ClN3O. The Morgan fingerprint density at radius 2 is 2.12 bits per heavy atom. The number of likely N-dealkylation sites (tertiary alicyclic amines) is 1. The summed E-state index contributed by atoms with van der Waals surface area (Å²) in [5.74, 6) is 0.775. The number of piperidine rings is 1. The maximum atomic E-state index is 12.1. The highest BCUT2D eigenvalue weighted by Gasteiger charge is 2.24. The maximum Gasteiger partial charge on any atom is 0.237 e. The van der Waals surface area contributed by atoms with E-state index in [0.717, 1.165) is 39.0 Å². The molecule has 3 rings (SSSR count). The summed E-state index contributed by atoms with van der Waals surface area (Å²) in [6, 6.07) is 8.68. The van der Waals surface area contributed by atoms with Crippen LogP contribution in [0.4, 0.5) is 0 Å². The monoisotopic (exact) mass is 351 g/mol. The number of benzene rings is 1. The molecule has 1 amide bonds. The molecule has 2 saturated heterocycles. The van der Waals surface area contributed by atoms with Gasteiger partial charge >= 0.3 is 0 Å². The lowest BCUT2D eigenvalue weighted by molar-refractivity contribution is -0.123. The van der Waals surface area contributed by atoms with E-state index in [2.05, 4.69) is 46.7 Å². The summed E-state index contributed by atoms with van der Waals surface area (Å²) in [6.45, 7) is 7.27. The van der Waals surface area contributed by atoms with Crippen molar-refractivity contribution in [1.82, 2.24) is 15.5 Å². The Bertz CT molecular complexity index is 531. The zero-order valence-electron chi connectivity index (χ0n) is 14.6. The SMILES string of the molecule is Cc1ccccc1CN1CCCC(CNC(=O)C2CCCN2)C1.Cl. The van der Waals surface area contributed by atoms with E-state index >= 15 is 0 Å². The lowest BCUT2D eigenvalue weighted by atomic mass is 9.97. The smallest absolute Gasteiger partial charge is 0.237 e. The van der Waals surface area contributed by atoms with E-state index in [1.807, 2.05) is 0 Å². The lowest BCUT2D eigenvalue weighted by Crippen LogP contribution is -2.45. The normalized spacial score (nSPS) is 24.4. The van der Waals surface area contributed by atoms with Crippen molar-refractivity contribution in [3.8, 4) is 0 Å². The Morgan fingerprint density at radius 3 is 2.88 bits per heavy atom. The predicted octanol–water partition coefficient (Wildman–Crippen LogP) is 2.50. The summed E-state index contributed by atoms with van der Waals surface area (Å²) in [7, 11) is 0.